The van der Waals surface area contributed by atoms with Crippen LogP contribution in [0.3, 0.4) is 0 Å². The highest BCUT2D eigenvalue weighted by molar-refractivity contribution is 6.77. The number of hydrogen-bond acceptors (Lipinski definition) is 2. The van der Waals surface area contributed by atoms with Crippen molar-refractivity contribution in [2.75, 3.05) is 0 Å². The Hall–Kier alpha value is 1.66. The Balaban J connectivity index is 5.21. The van der Waals surface area contributed by atoms with Gasteiger partial charge in [-0.1, -0.05) is 85.8 Å². The molecule has 0 amide bonds. The average molecular weight is 360 g/mol. The molecule has 0 rings (SSSR count). The Morgan fingerprint density at radius 3 is 1.64 bits per heavy atom. The van der Waals surface area contributed by atoms with Crippen molar-refractivity contribution in [2.45, 2.75) is 8.13 Å². The SMILES string of the molecule is ClN=NC(Cl)=C(Cl)C(Cl)(Cl)C(Cl)(Cl)Cl. The molecule has 0 saturated heterocycles. The van der Waals surface area contributed by atoms with Gasteiger partial charge in [-0.15, -0.1) is 5.11 Å². The number of rotatable bonds is 2. The van der Waals surface area contributed by atoms with Gasteiger partial charge in [-0.05, 0) is 0 Å². The number of alkyl halides is 5. The highest BCUT2D eigenvalue weighted by Crippen LogP contribution is 2.52. The van der Waals surface area contributed by atoms with Crippen LogP contribution < -0.4 is 0 Å². The van der Waals surface area contributed by atoms with E-state index in [0.29, 0.717) is 0 Å². The molecular weight excluding hydrogens is 360 g/mol. The second-order valence-electron chi connectivity index (χ2n) is 1.85. The van der Waals surface area contributed by atoms with Gasteiger partial charge in [0.15, 0.2) is 5.16 Å². The summed E-state index contributed by atoms with van der Waals surface area (Å²) in [5, 5.41) is 2.39. The molecule has 0 saturated carbocycles. The summed E-state index contributed by atoms with van der Waals surface area (Å²) < 4.78 is -1.29. The number of halogens is 8. The van der Waals surface area contributed by atoms with Gasteiger partial charge < -0.3 is 0 Å². The lowest BCUT2D eigenvalue weighted by atomic mass is 10.4. The molecule has 0 fully saturated rings. The van der Waals surface area contributed by atoms with Crippen LogP contribution in [0.4, 0.5) is 0 Å². The van der Waals surface area contributed by atoms with E-state index in [-0.39, 0.29) is 5.16 Å². The second kappa shape index (κ2) is 5.83. The summed E-state index contributed by atoms with van der Waals surface area (Å²) >= 11 is 43.6. The van der Waals surface area contributed by atoms with Crippen LogP contribution in [0.25, 0.3) is 0 Å². The summed E-state index contributed by atoms with van der Waals surface area (Å²) in [4.78, 5) is 0. The summed E-state index contributed by atoms with van der Waals surface area (Å²) in [6, 6.07) is 0. The molecule has 0 aromatic rings. The number of allylic oxidation sites excluding steroid dienone is 1. The first-order valence-corrected chi connectivity index (χ1v) is 5.65. The van der Waals surface area contributed by atoms with Crippen molar-refractivity contribution in [1.82, 2.24) is 0 Å². The zero-order chi connectivity index (χ0) is 11.6. The van der Waals surface area contributed by atoms with Gasteiger partial charge in [0.1, 0.15) is 0 Å². The Bertz CT molecular complexity index is 263. The normalized spacial score (nSPS) is 16.0. The molecule has 0 aliphatic carbocycles. The summed E-state index contributed by atoms with van der Waals surface area (Å²) in [6.45, 7) is 0. The molecule has 14 heavy (non-hydrogen) atoms. The fraction of sp³-hybridized carbons (Fsp3) is 0.500. The van der Waals surface area contributed by atoms with Gasteiger partial charge >= 0.3 is 0 Å². The van der Waals surface area contributed by atoms with Crippen molar-refractivity contribution in [3.63, 3.8) is 0 Å². The Labute approximate surface area is 120 Å². The molecule has 10 heteroatoms. The molecule has 0 aromatic carbocycles. The molecule has 0 spiro atoms. The lowest BCUT2D eigenvalue weighted by Gasteiger charge is -2.26. The number of nitrogens with zero attached hydrogens (tertiary/aromatic N) is 2. The van der Waals surface area contributed by atoms with Crippen molar-refractivity contribution in [3.05, 3.63) is 10.2 Å². The van der Waals surface area contributed by atoms with Gasteiger partial charge in [-0.3, -0.25) is 0 Å². The van der Waals surface area contributed by atoms with Crippen LogP contribution in [0.15, 0.2) is 19.9 Å². The molecule has 82 valence electrons. The molecule has 0 radical (unpaired) electrons. The van der Waals surface area contributed by atoms with E-state index in [1.54, 1.807) is 0 Å². The fourth-order valence-electron chi connectivity index (χ4n) is 0.331. The quantitative estimate of drug-likeness (QED) is 0.339. The maximum absolute atomic E-state index is 5.64. The number of hydrogen-bond donors (Lipinski definition) is 0. The predicted octanol–water partition coefficient (Wildman–Crippen LogP) is 5.78. The van der Waals surface area contributed by atoms with E-state index in [9.17, 15) is 0 Å². The molecule has 0 atom stereocenters. The van der Waals surface area contributed by atoms with Gasteiger partial charge in [-0.2, -0.15) is 0 Å². The van der Waals surface area contributed by atoms with Crippen LogP contribution in [0.1, 0.15) is 0 Å². The zero-order valence-electron chi connectivity index (χ0n) is 5.92. The minimum atomic E-state index is -2.07. The van der Waals surface area contributed by atoms with Crippen molar-refractivity contribution in [2.24, 2.45) is 9.75 Å². The maximum atomic E-state index is 5.64. The summed E-state index contributed by atoms with van der Waals surface area (Å²) in [6.07, 6.45) is 0. The van der Waals surface area contributed by atoms with E-state index in [1.165, 1.54) is 0 Å². The van der Waals surface area contributed by atoms with Crippen LogP contribution in [-0.2, 0) is 0 Å². The highest BCUT2D eigenvalue weighted by Gasteiger charge is 2.50. The van der Waals surface area contributed by atoms with E-state index in [2.05, 4.69) is 9.75 Å². The van der Waals surface area contributed by atoms with E-state index in [1.807, 2.05) is 0 Å². The molecular formula is C4Cl8N2. The largest absolute Gasteiger partial charge is 0.228 e. The van der Waals surface area contributed by atoms with Gasteiger partial charge in [0.05, 0.1) is 16.8 Å². The monoisotopic (exact) mass is 356 g/mol. The van der Waals surface area contributed by atoms with E-state index in [0.717, 1.165) is 0 Å². The molecule has 0 aliphatic rings. The van der Waals surface area contributed by atoms with Gasteiger partial charge in [-0.25, -0.2) is 0 Å². The smallest absolute Gasteiger partial charge is 0.124 e. The third-order valence-corrected chi connectivity index (χ3v) is 4.41. The lowest BCUT2D eigenvalue weighted by molar-refractivity contribution is 0.960. The van der Waals surface area contributed by atoms with Crippen LogP contribution in [0.2, 0.25) is 0 Å². The van der Waals surface area contributed by atoms with Crippen LogP contribution in [0, 0.1) is 0 Å². The van der Waals surface area contributed by atoms with Crippen molar-refractivity contribution in [3.8, 4) is 0 Å². The van der Waals surface area contributed by atoms with E-state index >= 15 is 0 Å². The van der Waals surface area contributed by atoms with Crippen LogP contribution >= 0.6 is 93.0 Å². The molecule has 0 bridgehead atoms. The first-order valence-electron chi connectivity index (χ1n) is 2.67. The first-order chi connectivity index (χ1) is 6.14. The Morgan fingerprint density at radius 1 is 0.929 bits per heavy atom. The molecule has 0 unspecified atom stereocenters. The Morgan fingerprint density at radius 2 is 1.36 bits per heavy atom. The first kappa shape index (κ1) is 15.7. The van der Waals surface area contributed by atoms with Crippen molar-refractivity contribution >= 4 is 93.0 Å². The summed E-state index contributed by atoms with van der Waals surface area (Å²) in [7, 11) is 0. The minimum absolute atomic E-state index is 0.377. The van der Waals surface area contributed by atoms with Crippen molar-refractivity contribution < 1.29 is 0 Å². The molecule has 2 nitrogen and oxygen atoms in total. The van der Waals surface area contributed by atoms with Gasteiger partial charge in [0, 0.05) is 0 Å². The Kier molecular flexibility index (Phi) is 6.52. The van der Waals surface area contributed by atoms with Crippen LogP contribution in [0.5, 0.6) is 0 Å². The van der Waals surface area contributed by atoms with E-state index in [4.69, 9.17) is 93.0 Å². The standard InChI is InChI=1S/C4Cl8N2/c5-1(2(6)13-14-12)3(7,8)4(9,10)11. The minimum Gasteiger partial charge on any atom is -0.124 e. The third-order valence-electron chi connectivity index (χ3n) is 0.938. The molecule has 0 aliphatic heterocycles. The summed E-state index contributed by atoms with van der Waals surface area (Å²) in [5.41, 5.74) is 0. The zero-order valence-corrected chi connectivity index (χ0v) is 12.0. The van der Waals surface area contributed by atoms with Crippen LogP contribution in [-0.4, -0.2) is 8.13 Å². The average Bonchev–Trinajstić information content (AvgIpc) is 2.01. The van der Waals surface area contributed by atoms with Gasteiger partial charge in [0.25, 0.3) is 0 Å². The topological polar surface area (TPSA) is 24.7 Å². The third kappa shape index (κ3) is 3.91. The maximum Gasteiger partial charge on any atom is 0.228 e. The van der Waals surface area contributed by atoms with E-state index < -0.39 is 13.2 Å². The lowest BCUT2D eigenvalue weighted by Crippen LogP contribution is -2.31. The molecule has 0 aromatic heterocycles. The highest BCUT2D eigenvalue weighted by atomic mass is 35.6. The van der Waals surface area contributed by atoms with Crippen molar-refractivity contribution in [1.29, 1.82) is 0 Å². The summed E-state index contributed by atoms with van der Waals surface area (Å²) in [5.74, 6) is 0. The second-order valence-corrected chi connectivity index (χ2v) is 6.35. The predicted molar refractivity (Wildman–Crippen MR) is 64.2 cm³/mol. The fourth-order valence-corrected chi connectivity index (χ4v) is 1.51. The molecule has 0 N–H and O–H groups in total. The van der Waals surface area contributed by atoms with Gasteiger partial charge in [0.2, 0.25) is 8.13 Å². The molecule has 0 heterocycles.